The van der Waals surface area contributed by atoms with Gasteiger partial charge in [0.25, 0.3) is 0 Å². The van der Waals surface area contributed by atoms with Gasteiger partial charge in [-0.25, -0.2) is 9.67 Å². The van der Waals surface area contributed by atoms with Gasteiger partial charge in [-0.2, -0.15) is 18.3 Å². The summed E-state index contributed by atoms with van der Waals surface area (Å²) < 4.78 is 38.8. The van der Waals surface area contributed by atoms with Crippen molar-refractivity contribution in [2.24, 2.45) is 0 Å². The highest BCUT2D eigenvalue weighted by Crippen LogP contribution is 2.33. The lowest BCUT2D eigenvalue weighted by molar-refractivity contribution is -0.137. The third-order valence-corrected chi connectivity index (χ3v) is 3.54. The van der Waals surface area contributed by atoms with Crippen LogP contribution >= 0.6 is 34.8 Å². The normalized spacial score (nSPS) is 11.9. The van der Waals surface area contributed by atoms with Crippen molar-refractivity contribution in [2.45, 2.75) is 19.0 Å². The standard InChI is InChI=1S/C11H7Cl3F3N3/c1-5-7(3-12)9(14)20(19-5)10-8(13)2-6(4-18-10)11(15,16)17/h2,4H,3H2,1H3. The summed E-state index contributed by atoms with van der Waals surface area (Å²) in [5.41, 5.74) is 0.192. The lowest BCUT2D eigenvalue weighted by Crippen LogP contribution is -2.08. The van der Waals surface area contributed by atoms with Crippen molar-refractivity contribution in [1.29, 1.82) is 0 Å². The van der Waals surface area contributed by atoms with E-state index in [4.69, 9.17) is 34.8 Å². The predicted molar refractivity (Wildman–Crippen MR) is 70.7 cm³/mol. The number of halogens is 6. The van der Waals surface area contributed by atoms with Crippen LogP contribution in [0.4, 0.5) is 13.2 Å². The maximum absolute atomic E-state index is 12.5. The Morgan fingerprint density at radius 2 is 1.95 bits per heavy atom. The van der Waals surface area contributed by atoms with Crippen LogP contribution < -0.4 is 0 Å². The molecule has 0 aliphatic heterocycles. The van der Waals surface area contributed by atoms with Crippen LogP contribution in [-0.4, -0.2) is 14.8 Å². The van der Waals surface area contributed by atoms with E-state index in [1.807, 2.05) is 0 Å². The molecule has 0 amide bonds. The molecule has 0 N–H and O–H groups in total. The SMILES string of the molecule is Cc1nn(-c2ncc(C(F)(F)F)cc2Cl)c(Cl)c1CCl. The summed E-state index contributed by atoms with van der Waals surface area (Å²) in [6.07, 6.45) is -3.84. The molecule has 0 saturated heterocycles. The fourth-order valence-electron chi connectivity index (χ4n) is 1.57. The molecule has 9 heteroatoms. The molecule has 0 bridgehead atoms. The van der Waals surface area contributed by atoms with E-state index in [1.165, 1.54) is 0 Å². The van der Waals surface area contributed by atoms with E-state index >= 15 is 0 Å². The highest BCUT2D eigenvalue weighted by molar-refractivity contribution is 6.33. The minimum Gasteiger partial charge on any atom is -0.235 e. The molecular formula is C11H7Cl3F3N3. The van der Waals surface area contributed by atoms with Crippen LogP contribution in [0.25, 0.3) is 5.82 Å². The predicted octanol–water partition coefficient (Wildman–Crippen LogP) is 4.64. The number of aryl methyl sites for hydroxylation is 1. The molecule has 2 aromatic rings. The Kier molecular flexibility index (Phi) is 4.18. The molecule has 0 aliphatic rings. The average molecular weight is 345 g/mol. The molecular weight excluding hydrogens is 337 g/mol. The molecule has 0 atom stereocenters. The van der Waals surface area contributed by atoms with Gasteiger partial charge in [0.15, 0.2) is 5.82 Å². The molecule has 0 aromatic carbocycles. The fraction of sp³-hybridized carbons (Fsp3) is 0.273. The van der Waals surface area contributed by atoms with Crippen molar-refractivity contribution in [3.8, 4) is 5.82 Å². The number of pyridine rings is 1. The molecule has 0 unspecified atom stereocenters. The van der Waals surface area contributed by atoms with Crippen LogP contribution in [0.5, 0.6) is 0 Å². The Bertz CT molecular complexity index is 652. The first-order valence-corrected chi connectivity index (χ1v) is 6.57. The van der Waals surface area contributed by atoms with E-state index in [0.717, 1.165) is 10.7 Å². The van der Waals surface area contributed by atoms with Crippen molar-refractivity contribution >= 4 is 34.8 Å². The van der Waals surface area contributed by atoms with Gasteiger partial charge in [-0.1, -0.05) is 23.2 Å². The molecule has 2 heterocycles. The van der Waals surface area contributed by atoms with Crippen LogP contribution in [-0.2, 0) is 12.1 Å². The average Bonchev–Trinajstić information content (AvgIpc) is 2.63. The minimum absolute atomic E-state index is 0.0177. The number of aromatic nitrogens is 3. The fourth-order valence-corrected chi connectivity index (χ4v) is 2.52. The van der Waals surface area contributed by atoms with Crippen molar-refractivity contribution in [2.75, 3.05) is 0 Å². The van der Waals surface area contributed by atoms with E-state index in [2.05, 4.69) is 10.1 Å². The lowest BCUT2D eigenvalue weighted by atomic mass is 10.3. The quantitative estimate of drug-likeness (QED) is 0.743. The number of alkyl halides is 4. The monoisotopic (exact) mass is 343 g/mol. The first kappa shape index (κ1) is 15.4. The Balaban J connectivity index is 2.55. The Labute approximate surface area is 127 Å². The largest absolute Gasteiger partial charge is 0.417 e. The molecule has 0 spiro atoms. The summed E-state index contributed by atoms with van der Waals surface area (Å²) in [5.74, 6) is 0.146. The first-order valence-electron chi connectivity index (χ1n) is 5.28. The minimum atomic E-state index is -4.51. The van der Waals surface area contributed by atoms with Gasteiger partial charge >= 0.3 is 6.18 Å². The molecule has 3 nitrogen and oxygen atoms in total. The summed E-state index contributed by atoms with van der Waals surface area (Å²) >= 11 is 17.6. The third-order valence-electron chi connectivity index (χ3n) is 2.61. The summed E-state index contributed by atoms with van der Waals surface area (Å²) in [4.78, 5) is 3.69. The second-order valence-corrected chi connectivity index (χ2v) is 4.96. The molecule has 20 heavy (non-hydrogen) atoms. The zero-order valence-electron chi connectivity index (χ0n) is 9.97. The number of nitrogens with zero attached hydrogens (tertiary/aromatic N) is 3. The Hall–Kier alpha value is -0.980. The molecule has 108 valence electrons. The van der Waals surface area contributed by atoms with Gasteiger partial charge in [0.2, 0.25) is 0 Å². The van der Waals surface area contributed by atoms with Crippen LogP contribution in [0.2, 0.25) is 10.2 Å². The van der Waals surface area contributed by atoms with E-state index in [9.17, 15) is 13.2 Å². The van der Waals surface area contributed by atoms with Crippen molar-refractivity contribution in [1.82, 2.24) is 14.8 Å². The summed E-state index contributed by atoms with van der Waals surface area (Å²) in [5, 5.41) is 4.05. The topological polar surface area (TPSA) is 30.7 Å². The number of rotatable bonds is 2. The van der Waals surface area contributed by atoms with Gasteiger partial charge in [-0.3, -0.25) is 0 Å². The van der Waals surface area contributed by atoms with Gasteiger partial charge in [0.1, 0.15) is 5.15 Å². The first-order chi connectivity index (χ1) is 9.25. The van der Waals surface area contributed by atoms with E-state index < -0.39 is 11.7 Å². The smallest absolute Gasteiger partial charge is 0.235 e. The van der Waals surface area contributed by atoms with Gasteiger partial charge < -0.3 is 0 Å². The van der Waals surface area contributed by atoms with Gasteiger partial charge in [0, 0.05) is 11.8 Å². The molecule has 0 aliphatic carbocycles. The summed E-state index contributed by atoms with van der Waals surface area (Å²) in [6, 6.07) is 0.775. The van der Waals surface area contributed by atoms with Gasteiger partial charge in [-0.15, -0.1) is 11.6 Å². The highest BCUT2D eigenvalue weighted by Gasteiger charge is 2.32. The molecule has 0 fully saturated rings. The van der Waals surface area contributed by atoms with E-state index in [1.54, 1.807) is 6.92 Å². The van der Waals surface area contributed by atoms with Crippen molar-refractivity contribution in [3.63, 3.8) is 0 Å². The van der Waals surface area contributed by atoms with E-state index in [-0.39, 0.29) is 21.9 Å². The highest BCUT2D eigenvalue weighted by atomic mass is 35.5. The zero-order chi connectivity index (χ0) is 15.1. The van der Waals surface area contributed by atoms with Crippen molar-refractivity contribution < 1.29 is 13.2 Å². The van der Waals surface area contributed by atoms with Gasteiger partial charge in [-0.05, 0) is 13.0 Å². The number of hydrogen-bond acceptors (Lipinski definition) is 2. The third kappa shape index (κ3) is 2.73. The zero-order valence-corrected chi connectivity index (χ0v) is 12.2. The summed E-state index contributed by atoms with van der Waals surface area (Å²) in [6.45, 7) is 1.68. The number of hydrogen-bond donors (Lipinski definition) is 0. The Morgan fingerprint density at radius 3 is 2.40 bits per heavy atom. The van der Waals surface area contributed by atoms with Crippen LogP contribution in [0.1, 0.15) is 16.8 Å². The molecule has 2 aromatic heterocycles. The van der Waals surface area contributed by atoms with E-state index in [0.29, 0.717) is 17.5 Å². The van der Waals surface area contributed by atoms with Crippen LogP contribution in [0.15, 0.2) is 12.3 Å². The maximum atomic E-state index is 12.5. The lowest BCUT2D eigenvalue weighted by Gasteiger charge is -2.09. The Morgan fingerprint density at radius 1 is 1.30 bits per heavy atom. The molecule has 0 saturated carbocycles. The second kappa shape index (κ2) is 5.42. The second-order valence-electron chi connectivity index (χ2n) is 3.93. The molecule has 0 radical (unpaired) electrons. The molecule has 2 rings (SSSR count). The maximum Gasteiger partial charge on any atom is 0.417 e. The summed E-state index contributed by atoms with van der Waals surface area (Å²) in [7, 11) is 0. The van der Waals surface area contributed by atoms with Gasteiger partial charge in [0.05, 0.1) is 22.2 Å². The van der Waals surface area contributed by atoms with Crippen LogP contribution in [0, 0.1) is 6.92 Å². The van der Waals surface area contributed by atoms with Crippen molar-refractivity contribution in [3.05, 3.63) is 39.3 Å². The van der Waals surface area contributed by atoms with Crippen LogP contribution in [0.3, 0.4) is 0 Å².